The summed E-state index contributed by atoms with van der Waals surface area (Å²) >= 11 is 5.90. The zero-order chi connectivity index (χ0) is 24.0. The summed E-state index contributed by atoms with van der Waals surface area (Å²) in [5.74, 6) is -1.05. The van der Waals surface area contributed by atoms with Crippen molar-refractivity contribution >= 4 is 27.8 Å². The molecule has 0 N–H and O–H groups in total. The number of nitrogens with zero attached hydrogens (tertiary/aromatic N) is 1. The molecule has 33 heavy (non-hydrogen) atoms. The summed E-state index contributed by atoms with van der Waals surface area (Å²) in [7, 11) is -0.294. The predicted octanol–water partition coefficient (Wildman–Crippen LogP) is 4.35. The van der Waals surface area contributed by atoms with E-state index in [1.54, 1.807) is 26.2 Å². The first-order valence-electron chi connectivity index (χ1n) is 10.9. The molecule has 7 nitrogen and oxygen atoms in total. The highest BCUT2D eigenvalue weighted by molar-refractivity contribution is 7.91. The molecule has 1 atom stereocenters. The fraction of sp³-hybridized carbons (Fsp3) is 0.458. The largest absolute Gasteiger partial charge is 0.351 e. The summed E-state index contributed by atoms with van der Waals surface area (Å²) in [6.07, 6.45) is 5.41. The minimum absolute atomic E-state index is 0.115. The van der Waals surface area contributed by atoms with Gasteiger partial charge in [0.2, 0.25) is 12.2 Å². The lowest BCUT2D eigenvalue weighted by Gasteiger charge is -2.46. The lowest BCUT2D eigenvalue weighted by Crippen LogP contribution is -2.54. The first kappa shape index (κ1) is 25.6. The van der Waals surface area contributed by atoms with Gasteiger partial charge in [0.25, 0.3) is 0 Å². The number of carbonyl (C=O) groups excluding carboxylic acids is 1. The normalized spacial score (nSPS) is 22.2. The molecular weight excluding hydrogens is 466 g/mol. The van der Waals surface area contributed by atoms with Crippen LogP contribution in [0.1, 0.15) is 37.7 Å². The topological polar surface area (TPSA) is 82.1 Å². The Morgan fingerprint density at radius 2 is 1.58 bits per heavy atom. The van der Waals surface area contributed by atoms with Crippen LogP contribution in [0.2, 0.25) is 5.02 Å². The van der Waals surface area contributed by atoms with Crippen molar-refractivity contribution in [1.29, 1.82) is 0 Å². The minimum Gasteiger partial charge on any atom is -0.351 e. The number of hydrogen-bond acceptors (Lipinski definition) is 6. The highest BCUT2D eigenvalue weighted by Gasteiger charge is 2.50. The molecule has 0 radical (unpaired) electrons. The lowest BCUT2D eigenvalue weighted by atomic mass is 9.92. The molecule has 0 bridgehead atoms. The Balaban J connectivity index is 0.000000555. The molecule has 0 unspecified atom stereocenters. The maximum Gasteiger partial charge on any atom is 0.209 e. The molecule has 1 amide bonds. The van der Waals surface area contributed by atoms with Crippen LogP contribution in [0.5, 0.6) is 0 Å². The third-order valence-electron chi connectivity index (χ3n) is 5.64. The van der Waals surface area contributed by atoms with E-state index < -0.39 is 21.2 Å². The monoisotopic (exact) mass is 495 g/mol. The van der Waals surface area contributed by atoms with Gasteiger partial charge in [-0.05, 0) is 42.7 Å². The molecule has 2 aromatic carbocycles. The number of rotatable bonds is 5. The number of ether oxygens (including phenoxy) is 1. The fourth-order valence-corrected chi connectivity index (χ4v) is 5.58. The second-order valence-electron chi connectivity index (χ2n) is 8.57. The molecule has 1 heterocycles. The van der Waals surface area contributed by atoms with Gasteiger partial charge in [-0.3, -0.25) is 4.79 Å². The molecule has 1 aliphatic carbocycles. The lowest BCUT2D eigenvalue weighted by molar-refractivity contribution is -0.517. The molecule has 1 saturated carbocycles. The Morgan fingerprint density at radius 3 is 2.09 bits per heavy atom. The standard InChI is InChI=1S/C21H23ClO5S.C3H7NO/c22-18-9-11-19(12-10-18)28(23,24)16-20(17-7-3-1-4-8-17)15-25-21(27-26-20)13-5-2-6-14-21;1-4(2)3-5/h1,3-4,7-12H,2,5-6,13-16H2;3H,1-2H3/t20-;/m1./s1. The van der Waals surface area contributed by atoms with E-state index in [1.807, 2.05) is 30.3 Å². The van der Waals surface area contributed by atoms with Crippen LogP contribution in [-0.4, -0.2) is 52.0 Å². The number of halogens is 1. The Labute approximate surface area is 200 Å². The van der Waals surface area contributed by atoms with Crippen LogP contribution in [0.4, 0.5) is 0 Å². The van der Waals surface area contributed by atoms with Crippen LogP contribution < -0.4 is 0 Å². The molecule has 180 valence electrons. The van der Waals surface area contributed by atoms with Crippen molar-refractivity contribution in [2.75, 3.05) is 26.5 Å². The zero-order valence-corrected chi connectivity index (χ0v) is 20.5. The zero-order valence-electron chi connectivity index (χ0n) is 18.9. The van der Waals surface area contributed by atoms with Gasteiger partial charge >= 0.3 is 0 Å². The summed E-state index contributed by atoms with van der Waals surface area (Å²) in [4.78, 5) is 22.7. The van der Waals surface area contributed by atoms with E-state index in [1.165, 1.54) is 17.0 Å². The van der Waals surface area contributed by atoms with Gasteiger partial charge in [0.05, 0.1) is 17.3 Å². The average molecular weight is 496 g/mol. The van der Waals surface area contributed by atoms with E-state index in [0.29, 0.717) is 10.6 Å². The van der Waals surface area contributed by atoms with Crippen molar-refractivity contribution in [1.82, 2.24) is 4.90 Å². The van der Waals surface area contributed by atoms with Crippen LogP contribution in [0, 0.1) is 0 Å². The Hall–Kier alpha value is -1.97. The SMILES string of the molecule is CN(C)C=O.O=S(=O)(C[C@@]1(c2ccccc2)COC2(CCCCC2)OO1)c1ccc(Cl)cc1. The van der Waals surface area contributed by atoms with Crippen molar-refractivity contribution in [2.24, 2.45) is 0 Å². The van der Waals surface area contributed by atoms with Crippen molar-refractivity contribution in [3.63, 3.8) is 0 Å². The van der Waals surface area contributed by atoms with E-state index in [4.69, 9.17) is 26.1 Å². The molecule has 1 spiro atoms. The summed E-state index contributed by atoms with van der Waals surface area (Å²) in [5.41, 5.74) is -0.527. The van der Waals surface area contributed by atoms with E-state index in [9.17, 15) is 13.2 Å². The Bertz CT molecular complexity index is 995. The third-order valence-corrected chi connectivity index (χ3v) is 7.73. The third kappa shape index (κ3) is 6.55. The first-order chi connectivity index (χ1) is 15.7. The molecule has 2 aromatic rings. The maximum atomic E-state index is 13.1. The molecule has 2 aliphatic rings. The van der Waals surface area contributed by atoms with Crippen molar-refractivity contribution in [3.05, 3.63) is 65.2 Å². The van der Waals surface area contributed by atoms with Crippen LogP contribution >= 0.6 is 11.6 Å². The highest BCUT2D eigenvalue weighted by Crippen LogP contribution is 2.42. The van der Waals surface area contributed by atoms with Crippen LogP contribution in [0.25, 0.3) is 0 Å². The quantitative estimate of drug-likeness (QED) is 0.453. The van der Waals surface area contributed by atoms with Crippen molar-refractivity contribution in [3.8, 4) is 0 Å². The Morgan fingerprint density at radius 1 is 0.970 bits per heavy atom. The molecule has 2 fully saturated rings. The number of benzene rings is 2. The number of carbonyl (C=O) groups is 1. The van der Waals surface area contributed by atoms with Gasteiger partial charge in [-0.15, -0.1) is 0 Å². The van der Waals surface area contributed by atoms with Gasteiger partial charge in [0, 0.05) is 32.0 Å². The van der Waals surface area contributed by atoms with Gasteiger partial charge in [-0.2, -0.15) is 0 Å². The molecule has 1 aliphatic heterocycles. The van der Waals surface area contributed by atoms with Crippen molar-refractivity contribution in [2.45, 2.75) is 48.4 Å². The van der Waals surface area contributed by atoms with Crippen LogP contribution in [-0.2, 0) is 34.7 Å². The summed E-state index contributed by atoms with van der Waals surface area (Å²) in [5, 5.41) is 0.483. The molecule has 4 rings (SSSR count). The van der Waals surface area contributed by atoms with Gasteiger partial charge in [-0.1, -0.05) is 48.4 Å². The smallest absolute Gasteiger partial charge is 0.209 e. The molecular formula is C24H30ClNO6S. The predicted molar refractivity (Wildman–Crippen MR) is 125 cm³/mol. The van der Waals surface area contributed by atoms with Gasteiger partial charge in [0.15, 0.2) is 15.4 Å². The fourth-order valence-electron chi connectivity index (χ4n) is 3.82. The van der Waals surface area contributed by atoms with Crippen molar-refractivity contribution < 1.29 is 27.7 Å². The molecule has 9 heteroatoms. The second-order valence-corrected chi connectivity index (χ2v) is 11.0. The van der Waals surface area contributed by atoms with E-state index >= 15 is 0 Å². The first-order valence-corrected chi connectivity index (χ1v) is 12.9. The van der Waals surface area contributed by atoms with E-state index in [2.05, 4.69) is 0 Å². The van der Waals surface area contributed by atoms with E-state index in [0.717, 1.165) is 38.5 Å². The summed E-state index contributed by atoms with van der Waals surface area (Å²) in [6, 6.07) is 15.4. The summed E-state index contributed by atoms with van der Waals surface area (Å²) < 4.78 is 32.4. The number of sulfone groups is 1. The molecule has 1 saturated heterocycles. The minimum atomic E-state index is -3.67. The number of hydrogen-bond donors (Lipinski definition) is 0. The Kier molecular flexibility index (Phi) is 8.53. The van der Waals surface area contributed by atoms with Gasteiger partial charge < -0.3 is 9.64 Å². The summed E-state index contributed by atoms with van der Waals surface area (Å²) in [6.45, 7) is 0.115. The number of amides is 1. The van der Waals surface area contributed by atoms with E-state index in [-0.39, 0.29) is 17.3 Å². The van der Waals surface area contributed by atoms with Gasteiger partial charge in [0.1, 0.15) is 0 Å². The van der Waals surface area contributed by atoms with Gasteiger partial charge in [-0.25, -0.2) is 18.2 Å². The molecule has 0 aromatic heterocycles. The van der Waals surface area contributed by atoms with Crippen LogP contribution in [0.15, 0.2) is 59.5 Å². The maximum absolute atomic E-state index is 13.1. The second kappa shape index (κ2) is 11.0. The highest BCUT2D eigenvalue weighted by atomic mass is 35.5. The average Bonchev–Trinajstić information content (AvgIpc) is 2.82. The van der Waals surface area contributed by atoms with Crippen LogP contribution in [0.3, 0.4) is 0 Å².